The molecule has 5 rings (SSSR count). The Morgan fingerprint density at radius 2 is 1.70 bits per heavy atom. The van der Waals surface area contributed by atoms with Crippen LogP contribution in [0.2, 0.25) is 0 Å². The minimum absolute atomic E-state index is 0.0536. The van der Waals surface area contributed by atoms with Crippen molar-refractivity contribution in [2.24, 2.45) is 7.05 Å². The van der Waals surface area contributed by atoms with Crippen LogP contribution < -0.4 is 10.1 Å². The van der Waals surface area contributed by atoms with E-state index in [2.05, 4.69) is 42.4 Å². The van der Waals surface area contributed by atoms with Gasteiger partial charge in [0.05, 0.1) is 11.9 Å². The van der Waals surface area contributed by atoms with Crippen molar-refractivity contribution >= 4 is 132 Å². The van der Waals surface area contributed by atoms with Gasteiger partial charge in [0.15, 0.2) is 17.6 Å². The first-order valence-corrected chi connectivity index (χ1v) is 19.3. The highest BCUT2D eigenvalue weighted by Crippen LogP contribution is 2.78. The van der Waals surface area contributed by atoms with Crippen LogP contribution in [0, 0.1) is 18.8 Å². The van der Waals surface area contributed by atoms with Crippen molar-refractivity contribution in [3.8, 4) is 23.3 Å². The minimum atomic E-state index is -1.37. The quantitative estimate of drug-likeness (QED) is 0.0614. The molecule has 4 aromatic rings. The van der Waals surface area contributed by atoms with Crippen LogP contribution in [0.4, 0.5) is 4.79 Å². The summed E-state index contributed by atoms with van der Waals surface area (Å²) in [4.78, 5) is 20.4. The molecule has 0 bridgehead atoms. The molecular formula is C29H32N8O3S10. The van der Waals surface area contributed by atoms with Crippen LogP contribution in [0.25, 0.3) is 5.69 Å². The average molecular weight is 861 g/mol. The molecule has 1 aliphatic rings. The van der Waals surface area contributed by atoms with Crippen LogP contribution in [0.5, 0.6) is 5.75 Å². The second-order valence-corrected chi connectivity index (χ2v) is 19.9. The zero-order valence-corrected chi connectivity index (χ0v) is 35.1. The van der Waals surface area contributed by atoms with Gasteiger partial charge in [0.25, 0.3) is 0 Å². The number of thioether (sulfide) groups is 1. The molecule has 1 N–H and O–H groups in total. The highest BCUT2D eigenvalue weighted by Gasteiger charge is 2.81. The molecule has 0 saturated heterocycles. The first-order chi connectivity index (χ1) is 23.4. The molecule has 1 fully saturated rings. The Morgan fingerprint density at radius 1 is 0.980 bits per heavy atom. The lowest BCUT2D eigenvalue weighted by Crippen LogP contribution is -2.49. The first kappa shape index (κ1) is 40.0. The van der Waals surface area contributed by atoms with Crippen molar-refractivity contribution in [2.45, 2.75) is 45.5 Å². The number of rotatable bonds is 10. The topological polar surface area (TPSA) is 122 Å². The van der Waals surface area contributed by atoms with E-state index >= 15 is 0 Å². The molecule has 3 aromatic heterocycles. The lowest BCUT2D eigenvalue weighted by molar-refractivity contribution is 0.160. The molecular weight excluding hydrogens is 829 g/mol. The monoisotopic (exact) mass is 860 g/mol. The molecule has 1 saturated carbocycles. The van der Waals surface area contributed by atoms with Crippen molar-refractivity contribution in [1.82, 2.24) is 39.8 Å². The lowest BCUT2D eigenvalue weighted by atomic mass is 10.1. The molecule has 1 amide bonds. The molecule has 1 aliphatic carbocycles. The third-order valence-corrected chi connectivity index (χ3v) is 18.8. The van der Waals surface area contributed by atoms with Gasteiger partial charge in [-0.15, -0.1) is 10.2 Å². The number of ether oxygens (including phenoxy) is 2. The van der Waals surface area contributed by atoms with Crippen LogP contribution in [0.15, 0.2) is 54.2 Å². The Bertz CT molecular complexity index is 1900. The highest BCUT2D eigenvalue weighted by molar-refractivity contribution is 8.21. The van der Waals surface area contributed by atoms with Gasteiger partial charge in [0.2, 0.25) is 0 Å². The number of nitrogens with zero attached hydrogens (tertiary/aromatic N) is 7. The van der Waals surface area contributed by atoms with Gasteiger partial charge in [-0.05, 0) is 42.8 Å². The first-order valence-electron chi connectivity index (χ1n) is 14.5. The van der Waals surface area contributed by atoms with E-state index in [0.717, 1.165) is 17.0 Å². The largest absolute Gasteiger partial charge is 0.486 e. The van der Waals surface area contributed by atoms with E-state index < -0.39 is 26.5 Å². The van der Waals surface area contributed by atoms with E-state index in [9.17, 15) is 4.79 Å². The van der Waals surface area contributed by atoms with Crippen LogP contribution in [-0.2, 0) is 24.8 Å². The summed E-state index contributed by atoms with van der Waals surface area (Å²) in [5.41, 5.74) is 2.30. The minimum Gasteiger partial charge on any atom is -0.486 e. The number of carbonyl (C=O) groups excluding carboxylic acids is 1. The standard InChI is InChI=1S/C29H32N8O3S10/c1-17-13-20(8-7-18(17)5-4-12-39-24(38)31-11-9-21-32-16-33-36(21)2)40-15-22-34-35-23(37(22)19-6-3-10-30-14-19)50-29(49)27(45,46)25(41,42)26(43,44)28(29,47)48/h3,6-8,10,13-14,16,41-49H,9,11-12,15H2,1-2H3,(H,31,38). The van der Waals surface area contributed by atoms with Crippen molar-refractivity contribution in [3.05, 3.63) is 71.8 Å². The van der Waals surface area contributed by atoms with Crippen LogP contribution in [0.1, 0.15) is 22.8 Å². The van der Waals surface area contributed by atoms with Gasteiger partial charge >= 0.3 is 6.09 Å². The number of carbonyl (C=O) groups is 1. The number of nitrogens with one attached hydrogen (secondary N) is 1. The third kappa shape index (κ3) is 7.44. The van der Waals surface area contributed by atoms with Crippen molar-refractivity contribution in [2.75, 3.05) is 13.2 Å². The SMILES string of the molecule is Cc1cc(OCc2nnc(SC3(S)C(S)(S)C(S)(S)C(S)(S)C3(S)S)n2-c2cccnc2)ccc1C#CCOC(=O)NCCc1ncnn1C. The van der Waals surface area contributed by atoms with Gasteiger partial charge < -0.3 is 14.8 Å². The number of aryl methyl sites for hydroxylation is 2. The number of thiol groups is 9. The van der Waals surface area contributed by atoms with Crippen LogP contribution in [0.3, 0.4) is 0 Å². The zero-order valence-electron chi connectivity index (χ0n) is 26.2. The fourth-order valence-electron chi connectivity index (χ4n) is 4.80. The molecule has 266 valence electrons. The normalized spacial score (nSPS) is 17.8. The maximum atomic E-state index is 12.0. The van der Waals surface area contributed by atoms with E-state index in [-0.39, 0.29) is 13.2 Å². The Kier molecular flexibility index (Phi) is 12.5. The Labute approximate surface area is 343 Å². The number of benzene rings is 1. The number of alkyl carbamates (subject to hydrolysis) is 1. The second kappa shape index (κ2) is 15.6. The molecule has 50 heavy (non-hydrogen) atoms. The van der Waals surface area contributed by atoms with Crippen molar-refractivity contribution < 1.29 is 14.3 Å². The summed E-state index contributed by atoms with van der Waals surface area (Å²) in [5.74, 6) is 7.72. The van der Waals surface area contributed by atoms with Gasteiger partial charge in [-0.1, -0.05) is 23.6 Å². The van der Waals surface area contributed by atoms with E-state index in [1.807, 2.05) is 25.1 Å². The lowest BCUT2D eigenvalue weighted by Gasteiger charge is -2.43. The number of hydrogen-bond donors (Lipinski definition) is 10. The summed E-state index contributed by atoms with van der Waals surface area (Å²) in [6.45, 7) is 2.26. The maximum Gasteiger partial charge on any atom is 0.408 e. The molecule has 0 unspecified atom stereocenters. The van der Waals surface area contributed by atoms with Gasteiger partial charge in [0.1, 0.15) is 44.9 Å². The molecule has 0 atom stereocenters. The summed E-state index contributed by atoms with van der Waals surface area (Å²) < 4.78 is 8.01. The summed E-state index contributed by atoms with van der Waals surface area (Å²) in [6, 6.07) is 9.14. The van der Waals surface area contributed by atoms with E-state index in [0.29, 0.717) is 35.4 Å². The van der Waals surface area contributed by atoms with Crippen molar-refractivity contribution in [3.63, 3.8) is 0 Å². The highest BCUT2D eigenvalue weighted by atomic mass is 32.2. The second-order valence-electron chi connectivity index (χ2n) is 11.0. The molecule has 11 nitrogen and oxygen atoms in total. The Balaban J connectivity index is 1.27. The fraction of sp³-hybridized carbons (Fsp3) is 0.379. The van der Waals surface area contributed by atoms with E-state index in [1.54, 1.807) is 40.8 Å². The molecule has 0 radical (unpaired) electrons. The number of hydrogen-bond acceptors (Lipinski definition) is 18. The summed E-state index contributed by atoms with van der Waals surface area (Å²) >= 11 is 44.6. The summed E-state index contributed by atoms with van der Waals surface area (Å²) in [6.07, 6.45) is 4.77. The van der Waals surface area contributed by atoms with Crippen LogP contribution in [-0.4, -0.2) is 74.2 Å². The number of aromatic nitrogens is 7. The fourth-order valence-corrected chi connectivity index (χ4v) is 11.6. The van der Waals surface area contributed by atoms with Crippen molar-refractivity contribution in [1.29, 1.82) is 0 Å². The number of amides is 1. The molecule has 1 aromatic carbocycles. The Hall–Kier alpha value is -1.22. The summed E-state index contributed by atoms with van der Waals surface area (Å²) in [5, 5.41) is 16.0. The smallest absolute Gasteiger partial charge is 0.408 e. The number of pyridine rings is 1. The van der Waals surface area contributed by atoms with Crippen LogP contribution >= 0.6 is 125 Å². The Morgan fingerprint density at radius 3 is 2.32 bits per heavy atom. The summed E-state index contributed by atoms with van der Waals surface area (Å²) in [7, 11) is 1.79. The maximum absolute atomic E-state index is 12.0. The van der Waals surface area contributed by atoms with E-state index in [4.69, 9.17) is 123 Å². The van der Waals surface area contributed by atoms with E-state index in [1.165, 1.54) is 18.1 Å². The van der Waals surface area contributed by atoms with Gasteiger partial charge in [0, 0.05) is 31.8 Å². The predicted molar refractivity (Wildman–Crippen MR) is 226 cm³/mol. The molecule has 21 heteroatoms. The van der Waals surface area contributed by atoms with Gasteiger partial charge in [-0.2, -0.15) is 119 Å². The molecule has 0 spiro atoms. The average Bonchev–Trinajstić information content (AvgIpc) is 3.68. The molecule has 3 heterocycles. The van der Waals surface area contributed by atoms with Gasteiger partial charge in [-0.3, -0.25) is 14.2 Å². The molecule has 0 aliphatic heterocycles. The predicted octanol–water partition coefficient (Wildman–Crippen LogP) is 4.95. The third-order valence-electron chi connectivity index (χ3n) is 7.73. The van der Waals surface area contributed by atoms with Gasteiger partial charge in [-0.25, -0.2) is 9.78 Å². The zero-order chi connectivity index (χ0) is 36.5.